The van der Waals surface area contributed by atoms with Crippen LogP contribution in [0.4, 0.5) is 5.69 Å². The van der Waals surface area contributed by atoms with Crippen LogP contribution in [-0.4, -0.2) is 71.7 Å². The number of morpholine rings is 1. The fraction of sp³-hybridized carbons (Fsp3) is 0.565. The second-order valence-corrected chi connectivity index (χ2v) is 9.04. The minimum absolute atomic E-state index is 0.0427. The molecule has 0 spiro atoms. The first-order valence-electron chi connectivity index (χ1n) is 11.2. The number of nitriles is 1. The Labute approximate surface area is 182 Å². The Morgan fingerprint density at radius 2 is 2.00 bits per heavy atom. The minimum Gasteiger partial charge on any atom is -0.364 e. The Balaban J connectivity index is 1.29. The van der Waals surface area contributed by atoms with E-state index in [-0.39, 0.29) is 18.1 Å². The lowest BCUT2D eigenvalue weighted by Crippen LogP contribution is -2.54. The zero-order valence-electron chi connectivity index (χ0n) is 17.8. The molecule has 162 valence electrons. The lowest BCUT2D eigenvalue weighted by Gasteiger charge is -2.38. The summed E-state index contributed by atoms with van der Waals surface area (Å²) in [7, 11) is 0. The summed E-state index contributed by atoms with van der Waals surface area (Å²) < 4.78 is 6.01. The predicted molar refractivity (Wildman–Crippen MR) is 117 cm³/mol. The van der Waals surface area contributed by atoms with Gasteiger partial charge in [0.05, 0.1) is 23.9 Å². The van der Waals surface area contributed by atoms with Gasteiger partial charge in [-0.15, -0.1) is 0 Å². The molecule has 5 rings (SSSR count). The molecule has 3 aliphatic rings. The molecular formula is C23H28N6O2. The molecule has 0 radical (unpaired) electrons. The second-order valence-electron chi connectivity index (χ2n) is 9.04. The highest BCUT2D eigenvalue weighted by Gasteiger charge is 2.35. The number of benzene rings is 1. The molecule has 3 heterocycles. The number of hydrogen-bond donors (Lipinski definition) is 1. The van der Waals surface area contributed by atoms with Crippen LogP contribution in [0.5, 0.6) is 0 Å². The van der Waals surface area contributed by atoms with E-state index < -0.39 is 6.10 Å². The highest BCUT2D eigenvalue weighted by Crippen LogP contribution is 2.31. The average molecular weight is 421 g/mol. The summed E-state index contributed by atoms with van der Waals surface area (Å²) in [4.78, 5) is 26.5. The van der Waals surface area contributed by atoms with Gasteiger partial charge in [0.25, 0.3) is 5.91 Å². The molecule has 2 saturated heterocycles. The maximum atomic E-state index is 13.0. The number of rotatable bonds is 5. The van der Waals surface area contributed by atoms with E-state index in [4.69, 9.17) is 4.74 Å². The fourth-order valence-electron chi connectivity index (χ4n) is 4.76. The molecule has 1 aliphatic carbocycles. The number of carbonyl (C=O) groups is 1. The van der Waals surface area contributed by atoms with Crippen LogP contribution in [0.1, 0.15) is 31.7 Å². The average Bonchev–Trinajstić information content (AvgIpc) is 3.49. The van der Waals surface area contributed by atoms with Crippen LogP contribution in [0.25, 0.3) is 11.0 Å². The van der Waals surface area contributed by atoms with E-state index in [9.17, 15) is 10.1 Å². The van der Waals surface area contributed by atoms with Crippen LogP contribution in [-0.2, 0) is 9.53 Å². The largest absolute Gasteiger partial charge is 0.364 e. The van der Waals surface area contributed by atoms with E-state index in [1.807, 2.05) is 13.0 Å². The van der Waals surface area contributed by atoms with Crippen molar-refractivity contribution >= 4 is 22.6 Å². The van der Waals surface area contributed by atoms with Crippen molar-refractivity contribution < 1.29 is 9.53 Å². The van der Waals surface area contributed by atoms with Crippen LogP contribution in [0.3, 0.4) is 0 Å². The van der Waals surface area contributed by atoms with Gasteiger partial charge in [-0.2, -0.15) is 5.26 Å². The quantitative estimate of drug-likeness (QED) is 0.787. The van der Waals surface area contributed by atoms with Crippen LogP contribution in [0.2, 0.25) is 0 Å². The SMILES string of the molecule is CC1CN(c2ccc(C#N)c3nccnc23)CC(C(=O)NC2CCN(CC3CC3)C2)O1. The number of hydrogen-bond acceptors (Lipinski definition) is 7. The Morgan fingerprint density at radius 1 is 1.19 bits per heavy atom. The number of anilines is 1. The number of nitrogens with zero attached hydrogens (tertiary/aromatic N) is 5. The highest BCUT2D eigenvalue weighted by molar-refractivity contribution is 5.92. The molecule has 0 bridgehead atoms. The van der Waals surface area contributed by atoms with E-state index >= 15 is 0 Å². The fourth-order valence-corrected chi connectivity index (χ4v) is 4.76. The molecule has 1 amide bonds. The number of amides is 1. The van der Waals surface area contributed by atoms with E-state index in [0.717, 1.165) is 31.1 Å². The van der Waals surface area contributed by atoms with Crippen molar-refractivity contribution in [2.45, 2.75) is 44.4 Å². The van der Waals surface area contributed by atoms with Crippen molar-refractivity contribution in [3.63, 3.8) is 0 Å². The normalized spacial score (nSPS) is 26.7. The van der Waals surface area contributed by atoms with Crippen LogP contribution in [0, 0.1) is 17.2 Å². The number of aromatic nitrogens is 2. The predicted octanol–water partition coefficient (Wildman–Crippen LogP) is 1.70. The summed E-state index contributed by atoms with van der Waals surface area (Å²) in [6.07, 6.45) is 6.30. The van der Waals surface area contributed by atoms with Gasteiger partial charge < -0.3 is 19.9 Å². The monoisotopic (exact) mass is 420 g/mol. The number of carbonyl (C=O) groups excluding carboxylic acids is 1. The van der Waals surface area contributed by atoms with E-state index in [1.165, 1.54) is 19.4 Å². The molecular weight excluding hydrogens is 392 g/mol. The maximum Gasteiger partial charge on any atom is 0.251 e. The van der Waals surface area contributed by atoms with Crippen LogP contribution < -0.4 is 10.2 Å². The molecule has 3 fully saturated rings. The first-order valence-corrected chi connectivity index (χ1v) is 11.2. The van der Waals surface area contributed by atoms with Gasteiger partial charge in [-0.25, -0.2) is 0 Å². The standard InChI is InChI=1S/C23H28N6O2/c1-15-11-29(19-5-4-17(10-24)21-22(19)26-8-7-25-21)14-20(31-15)23(30)27-18-6-9-28(13-18)12-16-2-3-16/h4-5,7-8,15-16,18,20H,2-3,6,9,11-14H2,1H3,(H,27,30). The van der Waals surface area contributed by atoms with Gasteiger partial charge in [0, 0.05) is 44.6 Å². The summed E-state index contributed by atoms with van der Waals surface area (Å²) in [5, 5.41) is 12.6. The highest BCUT2D eigenvalue weighted by atomic mass is 16.5. The minimum atomic E-state index is -0.538. The molecule has 2 aromatic rings. The summed E-state index contributed by atoms with van der Waals surface area (Å²) in [5.41, 5.74) is 2.65. The van der Waals surface area contributed by atoms with E-state index in [2.05, 4.69) is 31.2 Å². The number of ether oxygens (including phenoxy) is 1. The lowest BCUT2D eigenvalue weighted by atomic mass is 10.1. The zero-order valence-corrected chi connectivity index (χ0v) is 17.8. The molecule has 1 N–H and O–H groups in total. The third-order valence-corrected chi connectivity index (χ3v) is 6.45. The smallest absolute Gasteiger partial charge is 0.251 e. The molecule has 1 aromatic heterocycles. The van der Waals surface area contributed by atoms with Gasteiger partial charge in [-0.3, -0.25) is 14.8 Å². The molecule has 1 aromatic carbocycles. The van der Waals surface area contributed by atoms with Gasteiger partial charge in [0.2, 0.25) is 0 Å². The third kappa shape index (κ3) is 4.34. The molecule has 8 heteroatoms. The molecule has 1 saturated carbocycles. The number of likely N-dealkylation sites (tertiary alicyclic amines) is 1. The third-order valence-electron chi connectivity index (χ3n) is 6.45. The van der Waals surface area contributed by atoms with Crippen molar-refractivity contribution in [1.29, 1.82) is 5.26 Å². The van der Waals surface area contributed by atoms with Gasteiger partial charge >= 0.3 is 0 Å². The van der Waals surface area contributed by atoms with Crippen molar-refractivity contribution in [2.24, 2.45) is 5.92 Å². The molecule has 8 nitrogen and oxygen atoms in total. The van der Waals surface area contributed by atoms with Crippen LogP contribution >= 0.6 is 0 Å². The molecule has 2 aliphatic heterocycles. The van der Waals surface area contributed by atoms with Gasteiger partial charge in [0.1, 0.15) is 17.1 Å². The summed E-state index contributed by atoms with van der Waals surface area (Å²) in [5.74, 6) is 0.828. The first kappa shape index (κ1) is 20.2. The van der Waals surface area contributed by atoms with Crippen molar-refractivity contribution in [2.75, 3.05) is 37.6 Å². The lowest BCUT2D eigenvalue weighted by molar-refractivity contribution is -0.138. The van der Waals surface area contributed by atoms with Crippen molar-refractivity contribution in [3.8, 4) is 6.07 Å². The molecule has 3 atom stereocenters. The summed E-state index contributed by atoms with van der Waals surface area (Å²) >= 11 is 0. The Hall–Kier alpha value is -2.76. The Bertz CT molecular complexity index is 1020. The van der Waals surface area contributed by atoms with E-state index in [1.54, 1.807) is 18.5 Å². The summed E-state index contributed by atoms with van der Waals surface area (Å²) in [6.45, 7) is 6.25. The van der Waals surface area contributed by atoms with Gasteiger partial charge in [-0.1, -0.05) is 0 Å². The Kier molecular flexibility index (Phi) is 5.47. The van der Waals surface area contributed by atoms with Crippen LogP contribution in [0.15, 0.2) is 24.5 Å². The van der Waals surface area contributed by atoms with Gasteiger partial charge in [-0.05, 0) is 44.2 Å². The van der Waals surface area contributed by atoms with Crippen molar-refractivity contribution in [3.05, 3.63) is 30.1 Å². The van der Waals surface area contributed by atoms with E-state index in [0.29, 0.717) is 29.7 Å². The second kappa shape index (κ2) is 8.40. The summed E-state index contributed by atoms with van der Waals surface area (Å²) in [6, 6.07) is 6.05. The van der Waals surface area contributed by atoms with Gasteiger partial charge in [0.15, 0.2) is 6.10 Å². The maximum absolute atomic E-state index is 13.0. The number of fused-ring (bicyclic) bond motifs is 1. The first-order chi connectivity index (χ1) is 15.1. The Morgan fingerprint density at radius 3 is 2.77 bits per heavy atom. The number of nitrogens with one attached hydrogen (secondary N) is 1. The topological polar surface area (TPSA) is 94.4 Å². The molecule has 3 unspecified atom stereocenters. The zero-order chi connectivity index (χ0) is 21.4. The van der Waals surface area contributed by atoms with Crippen molar-refractivity contribution in [1.82, 2.24) is 20.2 Å². The molecule has 31 heavy (non-hydrogen) atoms.